The number of nitrogens with zero attached hydrogens (tertiary/aromatic N) is 3. The lowest BCUT2D eigenvalue weighted by Gasteiger charge is -2.02. The lowest BCUT2D eigenvalue weighted by Crippen LogP contribution is -2.21. The predicted molar refractivity (Wildman–Crippen MR) is 104 cm³/mol. The Morgan fingerprint density at radius 2 is 1.79 bits per heavy atom. The first-order chi connectivity index (χ1) is 14.2. The van der Waals surface area contributed by atoms with E-state index in [1.54, 1.807) is 18.2 Å². The number of para-hydroxylation sites is 2. The number of anilines is 1. The van der Waals surface area contributed by atoms with Crippen LogP contribution in [0.1, 0.15) is 0 Å². The lowest BCUT2D eigenvalue weighted by molar-refractivity contribution is -0.144. The number of hydrogen-bond donors (Lipinski definition) is 1. The summed E-state index contributed by atoms with van der Waals surface area (Å²) in [7, 11) is 0. The molecule has 29 heavy (non-hydrogen) atoms. The maximum Gasteiger partial charge on any atom is 0.322 e. The molecule has 0 radical (unpaired) electrons. The molecule has 10 heteroatoms. The molecule has 0 bridgehead atoms. The van der Waals surface area contributed by atoms with E-state index in [9.17, 15) is 9.59 Å². The van der Waals surface area contributed by atoms with Crippen LogP contribution in [0.15, 0.2) is 68.7 Å². The first-order valence-electron chi connectivity index (χ1n) is 8.50. The molecule has 1 N–H and O–H groups in total. The summed E-state index contributed by atoms with van der Waals surface area (Å²) >= 11 is 1.09. The number of amides is 1. The molecule has 0 saturated carbocycles. The highest BCUT2D eigenvalue weighted by Crippen LogP contribution is 2.23. The average molecular weight is 410 g/mol. The van der Waals surface area contributed by atoms with E-state index in [0.29, 0.717) is 16.3 Å². The molecule has 0 aliphatic heterocycles. The molecule has 4 aromatic rings. The normalized spacial score (nSPS) is 10.8. The van der Waals surface area contributed by atoms with Gasteiger partial charge >= 0.3 is 12.0 Å². The number of oxazole rings is 1. The van der Waals surface area contributed by atoms with Crippen LogP contribution < -0.4 is 5.32 Å². The lowest BCUT2D eigenvalue weighted by atomic mass is 10.2. The van der Waals surface area contributed by atoms with Crippen molar-refractivity contribution in [3.05, 3.63) is 54.6 Å². The van der Waals surface area contributed by atoms with Gasteiger partial charge in [0, 0.05) is 5.56 Å². The average Bonchev–Trinajstić information content (AvgIpc) is 3.38. The molecule has 0 unspecified atom stereocenters. The maximum atomic E-state index is 11.9. The van der Waals surface area contributed by atoms with Gasteiger partial charge in [0.25, 0.3) is 11.1 Å². The summed E-state index contributed by atoms with van der Waals surface area (Å²) < 4.78 is 15.8. The van der Waals surface area contributed by atoms with Crippen LogP contribution >= 0.6 is 11.8 Å². The van der Waals surface area contributed by atoms with E-state index in [1.165, 1.54) is 0 Å². The summed E-state index contributed by atoms with van der Waals surface area (Å²) in [6, 6.07) is 16.3. The summed E-state index contributed by atoms with van der Waals surface area (Å²) in [4.78, 5) is 28.0. The van der Waals surface area contributed by atoms with Gasteiger partial charge in [-0.3, -0.25) is 14.9 Å². The molecule has 9 nitrogen and oxygen atoms in total. The zero-order valence-corrected chi connectivity index (χ0v) is 15.7. The first kappa shape index (κ1) is 18.7. The number of aromatic nitrogens is 3. The van der Waals surface area contributed by atoms with E-state index in [0.717, 1.165) is 17.3 Å². The highest BCUT2D eigenvalue weighted by atomic mass is 32.2. The van der Waals surface area contributed by atoms with E-state index in [2.05, 4.69) is 20.5 Å². The number of carbonyl (C=O) groups is 2. The SMILES string of the molecule is O=C(COC(=O)CSc1nc2ccccc2o1)Nc1nnc(-c2ccccc2)o1. The van der Waals surface area contributed by atoms with Gasteiger partial charge in [0.05, 0.1) is 0 Å². The summed E-state index contributed by atoms with van der Waals surface area (Å²) in [6.07, 6.45) is 0. The molecule has 2 aromatic heterocycles. The van der Waals surface area contributed by atoms with Gasteiger partial charge < -0.3 is 13.6 Å². The quantitative estimate of drug-likeness (QED) is 0.362. The van der Waals surface area contributed by atoms with Gasteiger partial charge in [0.15, 0.2) is 12.2 Å². The molecule has 0 aliphatic carbocycles. The number of thioether (sulfide) groups is 1. The second kappa shape index (κ2) is 8.57. The molecule has 4 rings (SSSR count). The largest absolute Gasteiger partial charge is 0.455 e. The summed E-state index contributed by atoms with van der Waals surface area (Å²) in [6.45, 7) is -0.476. The number of fused-ring (bicyclic) bond motifs is 1. The van der Waals surface area contributed by atoms with Crippen molar-refractivity contribution in [3.8, 4) is 11.5 Å². The van der Waals surface area contributed by atoms with Crippen molar-refractivity contribution in [2.24, 2.45) is 0 Å². The second-order valence-electron chi connectivity index (χ2n) is 5.72. The van der Waals surface area contributed by atoms with E-state index in [1.807, 2.05) is 36.4 Å². The molecule has 2 heterocycles. The maximum absolute atomic E-state index is 11.9. The summed E-state index contributed by atoms with van der Waals surface area (Å²) in [5.41, 5.74) is 2.07. The van der Waals surface area contributed by atoms with Crippen molar-refractivity contribution in [1.82, 2.24) is 15.2 Å². The van der Waals surface area contributed by atoms with Gasteiger partial charge in [0.2, 0.25) is 5.89 Å². The summed E-state index contributed by atoms with van der Waals surface area (Å²) in [5, 5.41) is 10.3. The minimum Gasteiger partial charge on any atom is -0.455 e. The van der Waals surface area contributed by atoms with Gasteiger partial charge in [-0.25, -0.2) is 4.98 Å². The fourth-order valence-electron chi connectivity index (χ4n) is 2.35. The van der Waals surface area contributed by atoms with Gasteiger partial charge in [-0.15, -0.1) is 5.10 Å². The molecule has 1 amide bonds. The van der Waals surface area contributed by atoms with Crippen molar-refractivity contribution >= 4 is 40.8 Å². The molecular weight excluding hydrogens is 396 g/mol. The van der Waals surface area contributed by atoms with Crippen molar-refractivity contribution in [1.29, 1.82) is 0 Å². The second-order valence-corrected chi connectivity index (χ2v) is 6.65. The Kier molecular flexibility index (Phi) is 5.52. The number of hydrogen-bond acceptors (Lipinski definition) is 9. The van der Waals surface area contributed by atoms with Gasteiger partial charge in [0.1, 0.15) is 11.3 Å². The Hall–Kier alpha value is -3.66. The van der Waals surface area contributed by atoms with E-state index in [4.69, 9.17) is 13.6 Å². The molecule has 0 aliphatic rings. The number of rotatable bonds is 7. The van der Waals surface area contributed by atoms with Crippen LogP contribution in [0.4, 0.5) is 6.01 Å². The highest BCUT2D eigenvalue weighted by molar-refractivity contribution is 7.99. The first-order valence-corrected chi connectivity index (χ1v) is 9.49. The van der Waals surface area contributed by atoms with Crippen molar-refractivity contribution < 1.29 is 23.2 Å². The topological polar surface area (TPSA) is 120 Å². The molecule has 0 saturated heterocycles. The minimum atomic E-state index is -0.589. The van der Waals surface area contributed by atoms with E-state index < -0.39 is 18.5 Å². The Morgan fingerprint density at radius 3 is 2.62 bits per heavy atom. The Morgan fingerprint density at radius 1 is 1.00 bits per heavy atom. The van der Waals surface area contributed by atoms with Crippen LogP contribution in [0.2, 0.25) is 0 Å². The van der Waals surface area contributed by atoms with Crippen LogP contribution in [0, 0.1) is 0 Å². The zero-order valence-electron chi connectivity index (χ0n) is 14.9. The van der Waals surface area contributed by atoms with Crippen LogP contribution in [0.25, 0.3) is 22.6 Å². The smallest absolute Gasteiger partial charge is 0.322 e. The molecule has 146 valence electrons. The predicted octanol–water partition coefficient (Wildman–Crippen LogP) is 3.15. The van der Waals surface area contributed by atoms with Crippen molar-refractivity contribution in [3.63, 3.8) is 0 Å². The Labute approximate surface area is 168 Å². The number of esters is 1. The molecule has 0 spiro atoms. The van der Waals surface area contributed by atoms with Gasteiger partial charge in [-0.2, -0.15) is 0 Å². The third-order valence-corrected chi connectivity index (χ3v) is 4.45. The zero-order chi connectivity index (χ0) is 20.1. The standard InChI is InChI=1S/C19H14N4O5S/c24-15(21-18-23-22-17(28-18)12-6-2-1-3-7-12)10-26-16(25)11-29-19-20-13-8-4-5-9-14(13)27-19/h1-9H,10-11H2,(H,21,23,24). The van der Waals surface area contributed by atoms with Crippen molar-refractivity contribution in [2.45, 2.75) is 5.22 Å². The summed E-state index contributed by atoms with van der Waals surface area (Å²) in [5.74, 6) is -0.942. The van der Waals surface area contributed by atoms with Crippen LogP contribution in [-0.4, -0.2) is 39.4 Å². The fraction of sp³-hybridized carbons (Fsp3) is 0.105. The van der Waals surface area contributed by atoms with E-state index in [-0.39, 0.29) is 17.7 Å². The molecule has 0 atom stereocenters. The minimum absolute atomic E-state index is 0.0428. The van der Waals surface area contributed by atoms with Crippen LogP contribution in [0.3, 0.4) is 0 Å². The van der Waals surface area contributed by atoms with Crippen LogP contribution in [0.5, 0.6) is 0 Å². The Balaban J connectivity index is 1.23. The molecule has 0 fully saturated rings. The monoisotopic (exact) mass is 410 g/mol. The molecular formula is C19H14N4O5S. The number of nitrogens with one attached hydrogen (secondary N) is 1. The fourth-order valence-corrected chi connectivity index (χ4v) is 2.98. The third-order valence-electron chi connectivity index (χ3n) is 3.64. The number of carbonyl (C=O) groups excluding carboxylic acids is 2. The molecule has 2 aromatic carbocycles. The van der Waals surface area contributed by atoms with Crippen molar-refractivity contribution in [2.75, 3.05) is 17.7 Å². The van der Waals surface area contributed by atoms with E-state index >= 15 is 0 Å². The van der Waals surface area contributed by atoms with Gasteiger partial charge in [-0.05, 0) is 24.3 Å². The Bertz CT molecular complexity index is 1110. The third kappa shape index (κ3) is 4.79. The number of benzene rings is 2. The van der Waals surface area contributed by atoms with Gasteiger partial charge in [-0.1, -0.05) is 47.2 Å². The number of ether oxygens (including phenoxy) is 1. The van der Waals surface area contributed by atoms with Crippen LogP contribution in [-0.2, 0) is 14.3 Å². The highest BCUT2D eigenvalue weighted by Gasteiger charge is 2.14.